The van der Waals surface area contributed by atoms with E-state index >= 15 is 0 Å². The highest BCUT2D eigenvalue weighted by Crippen LogP contribution is 2.63. The number of halogens is 6. The summed E-state index contributed by atoms with van der Waals surface area (Å²) in [6.07, 6.45) is -9.94. The lowest BCUT2D eigenvalue weighted by Gasteiger charge is -2.20. The molecule has 0 N–H and O–H groups in total. The number of fused-ring (bicyclic) bond motifs is 4. The number of hydrogen-bond donors (Lipinski definition) is 0. The number of hydrogen-bond acceptors (Lipinski definition) is 6. The first-order valence-corrected chi connectivity index (χ1v) is 14.2. The number of nitrogens with zero attached hydrogens (tertiary/aromatic N) is 6. The van der Waals surface area contributed by atoms with Crippen molar-refractivity contribution in [2.75, 3.05) is 0 Å². The number of allylic oxidation sites excluding steroid dienone is 6. The van der Waals surface area contributed by atoms with E-state index in [0.29, 0.717) is 12.1 Å². The third-order valence-electron chi connectivity index (χ3n) is 8.35. The van der Waals surface area contributed by atoms with Crippen molar-refractivity contribution in [2.24, 2.45) is 0 Å². The van der Waals surface area contributed by atoms with Gasteiger partial charge in [0, 0.05) is 22.3 Å². The molecule has 0 atom stereocenters. The zero-order valence-corrected chi connectivity index (χ0v) is 24.9. The van der Waals surface area contributed by atoms with E-state index in [0.717, 1.165) is 12.1 Å². The Labute approximate surface area is 279 Å². The van der Waals surface area contributed by atoms with Gasteiger partial charge in [-0.05, 0) is 68.8 Å². The third kappa shape index (κ3) is 4.85. The standard InChI is InChI=1S/C38H12F6N6/c39-37(40,41)29-11-19(13-45)7-9-23(29)25-3-1-5-27-31(21(15-47)16-48)35-34-26(24-10-8-20(14-46)12-30(24)38(42,43)44)4-2-6-28(34)32(22(17-49)18-50)36(35)33(25)27/h1-12H. The van der Waals surface area contributed by atoms with Crippen molar-refractivity contribution in [3.05, 3.63) is 128 Å². The number of benzene rings is 4. The van der Waals surface area contributed by atoms with E-state index in [1.54, 1.807) is 36.4 Å². The van der Waals surface area contributed by atoms with Crippen molar-refractivity contribution in [1.82, 2.24) is 0 Å². The van der Waals surface area contributed by atoms with Crippen molar-refractivity contribution < 1.29 is 26.3 Å². The molecule has 0 spiro atoms. The van der Waals surface area contributed by atoms with Crippen molar-refractivity contribution >= 4 is 22.3 Å². The Balaban J connectivity index is 1.85. The Hall–Kier alpha value is -7.38. The van der Waals surface area contributed by atoms with Crippen LogP contribution in [0.3, 0.4) is 0 Å². The van der Waals surface area contributed by atoms with Crippen LogP contribution in [0.2, 0.25) is 0 Å². The maximum Gasteiger partial charge on any atom is 0.417 e. The highest BCUT2D eigenvalue weighted by Gasteiger charge is 2.44. The molecule has 0 saturated carbocycles. The fourth-order valence-electron chi connectivity index (χ4n) is 6.49. The average Bonchev–Trinajstić information content (AvgIpc) is 3.61. The summed E-state index contributed by atoms with van der Waals surface area (Å²) < 4.78 is 87.1. The quantitative estimate of drug-likeness (QED) is 0.154. The van der Waals surface area contributed by atoms with E-state index in [1.807, 2.05) is 0 Å². The van der Waals surface area contributed by atoms with Crippen molar-refractivity contribution in [2.45, 2.75) is 12.4 Å². The first kappa shape index (κ1) is 32.6. The van der Waals surface area contributed by atoms with Crippen molar-refractivity contribution in [3.8, 4) is 58.7 Å². The van der Waals surface area contributed by atoms with Gasteiger partial charge in [0.2, 0.25) is 0 Å². The Kier molecular flexibility index (Phi) is 7.62. The lowest BCUT2D eigenvalue weighted by molar-refractivity contribution is -0.137. The van der Waals surface area contributed by atoms with Crippen molar-refractivity contribution in [1.29, 1.82) is 31.6 Å². The molecule has 12 heteroatoms. The van der Waals surface area contributed by atoms with E-state index in [1.165, 1.54) is 48.5 Å². The maximum absolute atomic E-state index is 14.5. The summed E-state index contributed by atoms with van der Waals surface area (Å²) in [6.45, 7) is 0. The summed E-state index contributed by atoms with van der Waals surface area (Å²) >= 11 is 0. The van der Waals surface area contributed by atoms with Crippen molar-refractivity contribution in [3.63, 3.8) is 0 Å². The molecular formula is C38H12F6N6. The molecule has 4 aromatic rings. The number of rotatable bonds is 2. The first-order chi connectivity index (χ1) is 23.8. The van der Waals surface area contributed by atoms with E-state index in [4.69, 9.17) is 0 Å². The molecule has 50 heavy (non-hydrogen) atoms. The van der Waals surface area contributed by atoms with Gasteiger partial charge in [-0.15, -0.1) is 0 Å². The molecule has 0 aromatic heterocycles. The molecular weight excluding hydrogens is 654 g/mol. The highest BCUT2D eigenvalue weighted by molar-refractivity contribution is 6.39. The van der Waals surface area contributed by atoms with E-state index in [2.05, 4.69) is 0 Å². The van der Waals surface area contributed by atoms with E-state index in [9.17, 15) is 57.9 Å². The topological polar surface area (TPSA) is 143 Å². The monoisotopic (exact) mass is 666 g/mol. The van der Waals surface area contributed by atoms with Crippen LogP contribution in [0.25, 0.3) is 44.5 Å². The Morgan fingerprint density at radius 2 is 0.780 bits per heavy atom. The molecule has 0 bridgehead atoms. The Morgan fingerprint density at radius 1 is 0.440 bits per heavy atom. The largest absolute Gasteiger partial charge is 0.417 e. The molecule has 236 valence electrons. The van der Waals surface area contributed by atoms with Crippen LogP contribution in [0, 0.1) is 68.0 Å². The SMILES string of the molecule is N#CC(C#N)=C1C2=C(C(=C(C#N)C#N)c3cccc(-c4ccc(C#N)cc4C(F)(F)F)c32)c2c1cccc2-c1ccc(C#N)cc1C(F)(F)F. The van der Waals surface area contributed by atoms with Gasteiger partial charge in [-0.2, -0.15) is 57.9 Å². The van der Waals surface area contributed by atoms with Gasteiger partial charge in [-0.1, -0.05) is 48.5 Å². The van der Waals surface area contributed by atoms with Crippen LogP contribution in [0.4, 0.5) is 26.3 Å². The Morgan fingerprint density at radius 3 is 1.08 bits per heavy atom. The Bertz CT molecular complexity index is 2370. The summed E-state index contributed by atoms with van der Waals surface area (Å²) in [5.74, 6) is 0. The van der Waals surface area contributed by atoms with Gasteiger partial charge >= 0.3 is 12.4 Å². The van der Waals surface area contributed by atoms with E-state index < -0.39 is 45.8 Å². The molecule has 0 fully saturated rings. The molecule has 2 aliphatic carbocycles. The van der Waals surface area contributed by atoms with Gasteiger partial charge in [0.05, 0.1) is 34.4 Å². The normalized spacial score (nSPS) is 12.7. The van der Waals surface area contributed by atoms with Crippen LogP contribution in [0.5, 0.6) is 0 Å². The first-order valence-electron chi connectivity index (χ1n) is 14.2. The highest BCUT2D eigenvalue weighted by atomic mass is 19.4. The summed E-state index contributed by atoms with van der Waals surface area (Å²) in [5.41, 5.74) is -5.25. The molecule has 0 radical (unpaired) electrons. The van der Waals surface area contributed by atoms with Gasteiger partial charge in [0.15, 0.2) is 0 Å². The summed E-state index contributed by atoms with van der Waals surface area (Å²) in [5, 5.41) is 59.1. The third-order valence-corrected chi connectivity index (χ3v) is 8.35. The maximum atomic E-state index is 14.5. The minimum atomic E-state index is -4.97. The van der Waals surface area contributed by atoms with Crippen LogP contribution in [0.15, 0.2) is 83.9 Å². The lowest BCUT2D eigenvalue weighted by atomic mass is 9.83. The van der Waals surface area contributed by atoms with Gasteiger partial charge < -0.3 is 0 Å². The molecule has 6 rings (SSSR count). The summed E-state index contributed by atoms with van der Waals surface area (Å²) in [7, 11) is 0. The van der Waals surface area contributed by atoms with Gasteiger partial charge in [-0.25, -0.2) is 0 Å². The van der Waals surface area contributed by atoms with Crippen LogP contribution < -0.4 is 0 Å². The van der Waals surface area contributed by atoms with Crippen LogP contribution in [0.1, 0.15) is 44.5 Å². The predicted octanol–water partition coefficient (Wildman–Crippen LogP) is 9.34. The fraction of sp³-hybridized carbons (Fsp3) is 0.0526. The minimum absolute atomic E-state index is 0.00766. The average molecular weight is 667 g/mol. The summed E-state index contributed by atoms with van der Waals surface area (Å²) in [4.78, 5) is 0. The fourth-order valence-corrected chi connectivity index (χ4v) is 6.49. The zero-order valence-electron chi connectivity index (χ0n) is 24.9. The second-order valence-electron chi connectivity index (χ2n) is 10.9. The van der Waals surface area contributed by atoms with Crippen LogP contribution in [-0.2, 0) is 12.4 Å². The van der Waals surface area contributed by atoms with Crippen LogP contribution >= 0.6 is 0 Å². The smallest absolute Gasteiger partial charge is 0.192 e. The second kappa shape index (κ2) is 11.7. The zero-order chi connectivity index (χ0) is 36.1. The molecule has 6 nitrogen and oxygen atoms in total. The minimum Gasteiger partial charge on any atom is -0.192 e. The van der Waals surface area contributed by atoms with Gasteiger partial charge in [-0.3, -0.25) is 0 Å². The lowest BCUT2D eigenvalue weighted by Crippen LogP contribution is -2.09. The summed E-state index contributed by atoms with van der Waals surface area (Å²) in [6, 6.07) is 24.5. The molecule has 4 aromatic carbocycles. The molecule has 2 aliphatic rings. The molecule has 0 unspecified atom stereocenters. The number of alkyl halides is 6. The van der Waals surface area contributed by atoms with Crippen LogP contribution in [-0.4, -0.2) is 0 Å². The molecule has 0 aliphatic heterocycles. The molecule has 0 heterocycles. The predicted molar refractivity (Wildman–Crippen MR) is 166 cm³/mol. The van der Waals surface area contributed by atoms with E-state index in [-0.39, 0.29) is 66.8 Å². The van der Waals surface area contributed by atoms with Gasteiger partial charge in [0.25, 0.3) is 0 Å². The molecule has 0 saturated heterocycles. The second-order valence-corrected chi connectivity index (χ2v) is 10.9. The van der Waals surface area contributed by atoms with Gasteiger partial charge in [0.1, 0.15) is 35.4 Å². The number of nitriles is 6. The molecule has 0 amide bonds.